The van der Waals surface area contributed by atoms with Crippen molar-refractivity contribution in [2.45, 2.75) is 11.8 Å². The van der Waals surface area contributed by atoms with Crippen molar-refractivity contribution in [3.05, 3.63) is 129 Å². The van der Waals surface area contributed by atoms with E-state index in [1.165, 1.54) is 33.4 Å². The summed E-state index contributed by atoms with van der Waals surface area (Å²) in [7, 11) is 0. The largest absolute Gasteiger partial charge is 0.0843 e. The summed E-state index contributed by atoms with van der Waals surface area (Å²) < 4.78 is 0. The van der Waals surface area contributed by atoms with Crippen molar-refractivity contribution >= 4 is 23.2 Å². The summed E-state index contributed by atoms with van der Waals surface area (Å²) in [4.78, 5) is 0. The maximum absolute atomic E-state index is 6.19. The standard InChI is InChI=1S/C26H18Cl2/c27-19-13-9-17(10-14-19)25(18-11-15-20(28)16-12-18)26-23-7-3-1-5-21(23)22-6-2-4-8-24(22)26/h1-16,25-26H. The van der Waals surface area contributed by atoms with E-state index in [9.17, 15) is 0 Å². The summed E-state index contributed by atoms with van der Waals surface area (Å²) in [6, 6.07) is 34.0. The smallest absolute Gasteiger partial charge is 0.0406 e. The van der Waals surface area contributed by atoms with Crippen molar-refractivity contribution in [2.24, 2.45) is 0 Å². The zero-order valence-corrected chi connectivity index (χ0v) is 16.7. The lowest BCUT2D eigenvalue weighted by Gasteiger charge is -2.27. The van der Waals surface area contributed by atoms with E-state index >= 15 is 0 Å². The van der Waals surface area contributed by atoms with Crippen LogP contribution in [0.3, 0.4) is 0 Å². The predicted molar refractivity (Wildman–Crippen MR) is 118 cm³/mol. The number of hydrogen-bond donors (Lipinski definition) is 0. The van der Waals surface area contributed by atoms with Crippen LogP contribution in [0.4, 0.5) is 0 Å². The van der Waals surface area contributed by atoms with Crippen LogP contribution >= 0.6 is 23.2 Å². The number of benzene rings is 4. The molecule has 0 saturated carbocycles. The Hall–Kier alpha value is -2.54. The lowest BCUT2D eigenvalue weighted by molar-refractivity contribution is 0.708. The molecule has 0 saturated heterocycles. The molecule has 0 atom stereocenters. The highest BCUT2D eigenvalue weighted by Crippen LogP contribution is 2.52. The van der Waals surface area contributed by atoms with Crippen LogP contribution in [-0.4, -0.2) is 0 Å². The highest BCUT2D eigenvalue weighted by atomic mass is 35.5. The van der Waals surface area contributed by atoms with Crippen LogP contribution < -0.4 is 0 Å². The van der Waals surface area contributed by atoms with Crippen LogP contribution in [-0.2, 0) is 0 Å². The molecule has 0 heterocycles. The van der Waals surface area contributed by atoms with Gasteiger partial charge in [0.15, 0.2) is 0 Å². The van der Waals surface area contributed by atoms with Crippen LogP contribution in [0.1, 0.15) is 34.1 Å². The maximum Gasteiger partial charge on any atom is 0.0406 e. The summed E-state index contributed by atoms with van der Waals surface area (Å²) in [5.41, 5.74) is 7.91. The number of fused-ring (bicyclic) bond motifs is 3. The molecule has 0 unspecified atom stereocenters. The molecule has 136 valence electrons. The monoisotopic (exact) mass is 400 g/mol. The Balaban J connectivity index is 1.75. The first-order valence-corrected chi connectivity index (χ1v) is 10.2. The zero-order chi connectivity index (χ0) is 19.1. The second-order valence-corrected chi connectivity index (χ2v) is 8.11. The summed E-state index contributed by atoms with van der Waals surface area (Å²) in [5.74, 6) is 0.425. The molecule has 4 aromatic rings. The molecule has 0 amide bonds. The minimum absolute atomic E-state index is 0.180. The molecule has 0 aliphatic heterocycles. The molecule has 0 radical (unpaired) electrons. The van der Waals surface area contributed by atoms with E-state index in [2.05, 4.69) is 72.8 Å². The second-order valence-electron chi connectivity index (χ2n) is 7.23. The molecule has 0 nitrogen and oxygen atoms in total. The molecule has 4 aromatic carbocycles. The third kappa shape index (κ3) is 2.94. The van der Waals surface area contributed by atoms with Crippen LogP contribution in [0.15, 0.2) is 97.1 Å². The summed E-state index contributed by atoms with van der Waals surface area (Å²) >= 11 is 12.4. The molecule has 1 aliphatic rings. The molecule has 0 fully saturated rings. The Morgan fingerprint density at radius 3 is 1.32 bits per heavy atom. The first-order chi connectivity index (χ1) is 13.7. The normalized spacial score (nSPS) is 12.8. The molecule has 28 heavy (non-hydrogen) atoms. The Bertz CT molecular complexity index is 1040. The molecule has 0 aromatic heterocycles. The van der Waals surface area contributed by atoms with E-state index in [1.807, 2.05) is 24.3 Å². The molecular weight excluding hydrogens is 383 g/mol. The minimum Gasteiger partial charge on any atom is -0.0843 e. The summed E-state index contributed by atoms with van der Waals surface area (Å²) in [6.45, 7) is 0. The van der Waals surface area contributed by atoms with Gasteiger partial charge in [-0.2, -0.15) is 0 Å². The SMILES string of the molecule is Clc1ccc(C(c2ccc(Cl)cc2)C2c3ccccc3-c3ccccc32)cc1. The Morgan fingerprint density at radius 1 is 0.500 bits per heavy atom. The van der Waals surface area contributed by atoms with Gasteiger partial charge in [0.25, 0.3) is 0 Å². The van der Waals surface area contributed by atoms with E-state index in [0.717, 1.165) is 10.0 Å². The average molecular weight is 401 g/mol. The number of halogens is 2. The van der Waals surface area contributed by atoms with Crippen molar-refractivity contribution < 1.29 is 0 Å². The van der Waals surface area contributed by atoms with Gasteiger partial charge in [0.1, 0.15) is 0 Å². The quantitative estimate of drug-likeness (QED) is 0.327. The van der Waals surface area contributed by atoms with E-state index in [0.29, 0.717) is 0 Å². The lowest BCUT2D eigenvalue weighted by Crippen LogP contribution is -2.12. The van der Waals surface area contributed by atoms with Gasteiger partial charge in [0.2, 0.25) is 0 Å². The van der Waals surface area contributed by atoms with Crippen LogP contribution in [0.25, 0.3) is 11.1 Å². The van der Waals surface area contributed by atoms with Crippen molar-refractivity contribution in [3.63, 3.8) is 0 Å². The van der Waals surface area contributed by atoms with E-state index in [1.54, 1.807) is 0 Å². The fourth-order valence-electron chi connectivity index (χ4n) is 4.47. The lowest BCUT2D eigenvalue weighted by atomic mass is 9.76. The van der Waals surface area contributed by atoms with Gasteiger partial charge >= 0.3 is 0 Å². The molecule has 2 heteroatoms. The molecule has 0 spiro atoms. The van der Waals surface area contributed by atoms with Crippen LogP contribution in [0, 0.1) is 0 Å². The van der Waals surface area contributed by atoms with E-state index in [4.69, 9.17) is 23.2 Å². The van der Waals surface area contributed by atoms with Crippen molar-refractivity contribution in [1.82, 2.24) is 0 Å². The van der Waals surface area contributed by atoms with Gasteiger partial charge in [-0.1, -0.05) is 96.0 Å². The summed E-state index contributed by atoms with van der Waals surface area (Å²) in [6.07, 6.45) is 0. The fraction of sp³-hybridized carbons (Fsp3) is 0.0769. The van der Waals surface area contributed by atoms with E-state index < -0.39 is 0 Å². The Labute approximate surface area is 175 Å². The molecule has 1 aliphatic carbocycles. The Kier molecular flexibility index (Phi) is 4.47. The van der Waals surface area contributed by atoms with Gasteiger partial charge in [0, 0.05) is 21.9 Å². The first-order valence-electron chi connectivity index (χ1n) is 9.41. The van der Waals surface area contributed by atoms with Crippen molar-refractivity contribution in [2.75, 3.05) is 0 Å². The van der Waals surface area contributed by atoms with Gasteiger partial charge in [-0.3, -0.25) is 0 Å². The molecular formula is C26H18Cl2. The van der Waals surface area contributed by atoms with Crippen molar-refractivity contribution in [3.8, 4) is 11.1 Å². The number of hydrogen-bond acceptors (Lipinski definition) is 0. The van der Waals surface area contributed by atoms with Gasteiger partial charge in [-0.15, -0.1) is 0 Å². The third-order valence-electron chi connectivity index (χ3n) is 5.67. The van der Waals surface area contributed by atoms with Gasteiger partial charge in [0.05, 0.1) is 0 Å². The topological polar surface area (TPSA) is 0 Å². The summed E-state index contributed by atoms with van der Waals surface area (Å²) in [5, 5.41) is 1.51. The first kappa shape index (κ1) is 17.6. The van der Waals surface area contributed by atoms with Crippen LogP contribution in [0.5, 0.6) is 0 Å². The molecule has 0 N–H and O–H groups in total. The second kappa shape index (κ2) is 7.13. The Morgan fingerprint density at radius 2 is 0.893 bits per heavy atom. The minimum atomic E-state index is 0.180. The average Bonchev–Trinajstić information content (AvgIpc) is 3.06. The van der Waals surface area contributed by atoms with Crippen molar-refractivity contribution in [1.29, 1.82) is 0 Å². The maximum atomic E-state index is 6.19. The molecule has 5 rings (SSSR count). The third-order valence-corrected chi connectivity index (χ3v) is 6.18. The predicted octanol–water partition coefficient (Wildman–Crippen LogP) is 7.94. The molecule has 0 bridgehead atoms. The van der Waals surface area contributed by atoms with Gasteiger partial charge in [-0.05, 0) is 57.6 Å². The number of rotatable bonds is 3. The highest BCUT2D eigenvalue weighted by molar-refractivity contribution is 6.30. The fourth-order valence-corrected chi connectivity index (χ4v) is 4.72. The highest BCUT2D eigenvalue weighted by Gasteiger charge is 2.35. The van der Waals surface area contributed by atoms with E-state index in [-0.39, 0.29) is 11.8 Å². The van der Waals surface area contributed by atoms with Gasteiger partial charge < -0.3 is 0 Å². The van der Waals surface area contributed by atoms with Crippen LogP contribution in [0.2, 0.25) is 10.0 Å². The zero-order valence-electron chi connectivity index (χ0n) is 15.1. The van der Waals surface area contributed by atoms with Gasteiger partial charge in [-0.25, -0.2) is 0 Å².